The van der Waals surface area contributed by atoms with Crippen LogP contribution in [-0.4, -0.2) is 142 Å². The van der Waals surface area contributed by atoms with Crippen LogP contribution < -0.4 is 30.9 Å². The topological polar surface area (TPSA) is 325 Å². The number of nitrogens with zero attached hydrogens (tertiary/aromatic N) is 9. The Balaban J connectivity index is 0.000000180. The third-order valence-electron chi connectivity index (χ3n) is 18.5. The van der Waals surface area contributed by atoms with Gasteiger partial charge in [-0.05, 0) is 92.1 Å². The molecule has 6 aromatic carbocycles. The molecule has 9 aromatic rings. The Morgan fingerprint density at radius 2 is 0.752 bits per heavy atom. The number of amides is 6. The van der Waals surface area contributed by atoms with Gasteiger partial charge in [0.2, 0.25) is 53.1 Å². The number of aliphatic hydroxyl groups excluding tert-OH is 1. The van der Waals surface area contributed by atoms with Crippen molar-refractivity contribution in [3.05, 3.63) is 259 Å². The van der Waals surface area contributed by atoms with Crippen molar-refractivity contribution in [2.75, 3.05) is 40.5 Å². The van der Waals surface area contributed by atoms with Gasteiger partial charge in [0.1, 0.15) is 73.7 Å². The minimum absolute atomic E-state index is 0.0257. The first-order valence-electron chi connectivity index (χ1n) is 34.3. The van der Waals surface area contributed by atoms with Crippen LogP contribution in [0.3, 0.4) is 0 Å². The predicted octanol–water partition coefficient (Wildman–Crippen LogP) is 10.3. The second-order valence-corrected chi connectivity index (χ2v) is 27.2. The van der Waals surface area contributed by atoms with Crippen LogP contribution in [0.15, 0.2) is 143 Å². The van der Waals surface area contributed by atoms with Gasteiger partial charge in [0.15, 0.2) is 32.4 Å². The fourth-order valence-corrected chi connectivity index (χ4v) is 12.7. The smallest absolute Gasteiger partial charge is 0.280 e. The predicted molar refractivity (Wildman–Crippen MR) is 392 cm³/mol. The highest BCUT2D eigenvalue weighted by Gasteiger charge is 2.41. The lowest BCUT2D eigenvalue weighted by Gasteiger charge is -2.15. The van der Waals surface area contributed by atoms with Crippen molar-refractivity contribution in [2.24, 2.45) is 17.8 Å². The molecule has 1 N–H and O–H groups in total. The molecule has 0 bridgehead atoms. The molecule has 0 radical (unpaired) electrons. The van der Waals surface area contributed by atoms with E-state index in [0.717, 1.165) is 65.6 Å². The number of ether oxygens (including phenoxy) is 4. The fourth-order valence-electron chi connectivity index (χ4n) is 12.1. The summed E-state index contributed by atoms with van der Waals surface area (Å²) in [5, 5.41) is 7.92. The molecule has 0 spiro atoms. The maximum atomic E-state index is 13.9. The summed E-state index contributed by atoms with van der Waals surface area (Å²) >= 11 is 18.6. The number of imide groups is 3. The van der Waals surface area contributed by atoms with Gasteiger partial charge in [-0.2, -0.15) is 0 Å². The van der Waals surface area contributed by atoms with Gasteiger partial charge in [-0.3, -0.25) is 85.9 Å². The van der Waals surface area contributed by atoms with Gasteiger partial charge in [-0.1, -0.05) is 71.2 Å². The highest BCUT2D eigenvalue weighted by atomic mass is 35.5. The number of aliphatic hydroxyl groups is 1. The zero-order valence-corrected chi connectivity index (χ0v) is 62.7. The van der Waals surface area contributed by atoms with Crippen LogP contribution in [0.1, 0.15) is 103 Å². The zero-order chi connectivity index (χ0) is 82.0. The number of hydrogen-bond acceptors (Lipinski definition) is 20. The maximum Gasteiger partial charge on any atom is 0.280 e. The number of benzene rings is 6. The molecule has 0 aliphatic carbocycles. The lowest BCUT2D eigenvalue weighted by molar-refractivity contribution is -0.141. The standard InChI is InChI=1S/C27H24ClF2N3O6.C26H22ClF2N3O6.C25H20ClF2N3O5/c1-15-3-4-16(22(34)10-18-11-23(35)32(26(18)36)7-8-38-2)9-21(15)33-14-31-25(24(28)27(33)37)39-13-17-5-6-19(29)12-20(17)30;1-14-2-3-15(21(34)9-17-10-22(35)31(6-7-33)25(17)36)8-20(14)32-13-30-24(23(27)26(32)37)38-12-16-4-5-18(28)11-19(16)29;1-13-3-4-14(20(32)8-16-9-21(33)30(2)24(16)34)7-19(13)31-12-29-23(22(26)25(31)35)36-11-15-5-6-17(27)10-18(15)28/h3-6,9,12,14,18H,7-8,10-11,13H2,1-2H3;2-5,8,11,13,17,33H,6-7,9-10,12H2,1H3;3-7,10,12,16H,8-9,11H2,1-2H3/t18-;17-;16-/m000/s1. The Labute approximate surface area is 652 Å². The number of halogens is 9. The highest BCUT2D eigenvalue weighted by molar-refractivity contribution is 6.32. The normalized spacial score (nSPS) is 15.3. The number of rotatable bonds is 26. The SMILES string of the molecule is COCCN1C(=O)C[C@H](CC(=O)c2ccc(C)c(-n3cnc(OCc4ccc(F)cc4F)c(Cl)c3=O)c2)C1=O.Cc1ccc(C(=O)C[C@H]2CC(=O)N(C)C2=O)cc1-n1cnc(OCc2ccc(F)cc2F)c(Cl)c1=O.Cc1ccc(C(=O)C[C@H]2CC(=O)N(CCO)C2=O)cc1-n1cnc(OCc2ccc(F)cc2F)c(Cl)c1=O. The van der Waals surface area contributed by atoms with Gasteiger partial charge in [-0.15, -0.1) is 0 Å². The van der Waals surface area contributed by atoms with E-state index in [1.807, 2.05) is 0 Å². The molecule has 3 aliphatic rings. The molecular formula is C78H66Cl3F6N9O17. The molecule has 3 aliphatic heterocycles. The van der Waals surface area contributed by atoms with E-state index >= 15 is 0 Å². The van der Waals surface area contributed by atoms with Crippen LogP contribution in [0.2, 0.25) is 15.1 Å². The molecule has 3 saturated heterocycles. The number of ketones is 3. The van der Waals surface area contributed by atoms with E-state index in [1.165, 1.54) is 50.6 Å². The summed E-state index contributed by atoms with van der Waals surface area (Å²) in [7, 11) is 2.84. The molecule has 0 saturated carbocycles. The molecule has 588 valence electrons. The molecule has 3 aromatic heterocycles. The number of β-amino-alcohol motifs (C(OH)–C–C–N with tert-alkyl or cyclic N) is 1. The van der Waals surface area contributed by atoms with Crippen LogP contribution in [0.4, 0.5) is 26.3 Å². The van der Waals surface area contributed by atoms with Crippen LogP contribution in [0.5, 0.6) is 17.6 Å². The van der Waals surface area contributed by atoms with Gasteiger partial charge in [0, 0.05) is 104 Å². The largest absolute Gasteiger partial charge is 0.471 e. The molecule has 26 nitrogen and oxygen atoms in total. The van der Waals surface area contributed by atoms with Crippen LogP contribution >= 0.6 is 34.8 Å². The van der Waals surface area contributed by atoms with E-state index in [2.05, 4.69) is 15.0 Å². The first kappa shape index (κ1) is 83.6. The third-order valence-corrected chi connectivity index (χ3v) is 19.4. The third kappa shape index (κ3) is 19.4. The van der Waals surface area contributed by atoms with Crippen molar-refractivity contribution in [1.29, 1.82) is 0 Å². The average molecular weight is 1620 g/mol. The average Bonchev–Trinajstić information content (AvgIpc) is 1.66. The number of aryl methyl sites for hydroxylation is 3. The molecule has 113 heavy (non-hydrogen) atoms. The van der Waals surface area contributed by atoms with Crippen molar-refractivity contribution in [2.45, 2.75) is 79.1 Å². The van der Waals surface area contributed by atoms with E-state index in [9.17, 15) is 83.9 Å². The molecule has 6 amide bonds. The lowest BCUT2D eigenvalue weighted by atomic mass is 9.96. The summed E-state index contributed by atoms with van der Waals surface area (Å²) in [5.74, 6) is -11.3. The molecule has 6 heterocycles. The number of hydrogen-bond donors (Lipinski definition) is 1. The Morgan fingerprint density at radius 1 is 0.442 bits per heavy atom. The summed E-state index contributed by atoms with van der Waals surface area (Å²) < 4.78 is 105. The quantitative estimate of drug-likeness (QED) is 0.0299. The highest BCUT2D eigenvalue weighted by Crippen LogP contribution is 2.32. The van der Waals surface area contributed by atoms with Crippen LogP contribution in [0.25, 0.3) is 17.1 Å². The minimum atomic E-state index is -0.826. The molecular weight excluding hydrogens is 1560 g/mol. The molecule has 12 rings (SSSR count). The second kappa shape index (κ2) is 36.5. The Kier molecular flexibility index (Phi) is 27.0. The monoisotopic (exact) mass is 1620 g/mol. The van der Waals surface area contributed by atoms with Crippen molar-refractivity contribution in [3.63, 3.8) is 0 Å². The van der Waals surface area contributed by atoms with Crippen molar-refractivity contribution >= 4 is 87.6 Å². The van der Waals surface area contributed by atoms with E-state index in [4.69, 9.17) is 58.9 Å². The summed E-state index contributed by atoms with van der Waals surface area (Å²) in [4.78, 5) is 166. The first-order valence-corrected chi connectivity index (χ1v) is 35.4. The Bertz CT molecular complexity index is 5510. The number of Topliss-reactive ketones (excluding diaryl/α,β-unsaturated/α-hetero) is 3. The van der Waals surface area contributed by atoms with Gasteiger partial charge in [-0.25, -0.2) is 41.3 Å². The number of carbonyl (C=O) groups is 9. The molecule has 0 unspecified atom stereocenters. The molecule has 3 atom stereocenters. The van der Waals surface area contributed by atoms with E-state index in [-0.39, 0.29) is 174 Å². The number of likely N-dealkylation sites (tertiary alicyclic amines) is 3. The van der Waals surface area contributed by atoms with E-state index in [1.54, 1.807) is 57.2 Å². The van der Waals surface area contributed by atoms with Gasteiger partial charge < -0.3 is 24.1 Å². The number of methoxy groups -OCH3 is 1. The van der Waals surface area contributed by atoms with Crippen LogP contribution in [-0.2, 0) is 53.3 Å². The molecule has 3 fully saturated rings. The lowest BCUT2D eigenvalue weighted by Crippen LogP contribution is -2.33. The maximum absolute atomic E-state index is 13.9. The van der Waals surface area contributed by atoms with Crippen molar-refractivity contribution < 1.29 is 93.5 Å². The second-order valence-electron chi connectivity index (χ2n) is 26.1. The van der Waals surface area contributed by atoms with Crippen molar-refractivity contribution in [3.8, 4) is 34.7 Å². The summed E-state index contributed by atoms with van der Waals surface area (Å²) in [6.07, 6.45) is 2.74. The summed E-state index contributed by atoms with van der Waals surface area (Å²) in [6.45, 7) is 3.99. The van der Waals surface area contributed by atoms with Gasteiger partial charge >= 0.3 is 0 Å². The van der Waals surface area contributed by atoms with Gasteiger partial charge in [0.25, 0.3) is 16.7 Å². The fraction of sp³-hybridized carbons (Fsp3) is 0.269. The first-order chi connectivity index (χ1) is 53.8. The number of aromatic nitrogens is 6. The summed E-state index contributed by atoms with van der Waals surface area (Å²) in [6, 6.07) is 22.9. The summed E-state index contributed by atoms with van der Waals surface area (Å²) in [5.41, 5.74) is 1.60. The minimum Gasteiger partial charge on any atom is -0.471 e. The van der Waals surface area contributed by atoms with E-state index in [0.29, 0.717) is 52.0 Å². The zero-order valence-electron chi connectivity index (χ0n) is 60.5. The molecule has 35 heteroatoms. The number of carbonyl (C=O) groups excluding carboxylic acids is 9. The van der Waals surface area contributed by atoms with Gasteiger partial charge in [0.05, 0.1) is 61.1 Å². The Morgan fingerprint density at radius 3 is 1.04 bits per heavy atom. The van der Waals surface area contributed by atoms with Crippen molar-refractivity contribution in [1.82, 2.24) is 43.4 Å². The Hall–Kier alpha value is -11.8. The van der Waals surface area contributed by atoms with Crippen LogP contribution in [0, 0.1) is 73.4 Å². The van der Waals surface area contributed by atoms with E-state index < -0.39 is 98.7 Å².